The van der Waals surface area contributed by atoms with Gasteiger partial charge in [0.15, 0.2) is 0 Å². The summed E-state index contributed by atoms with van der Waals surface area (Å²) in [6, 6.07) is 14.5. The lowest BCUT2D eigenvalue weighted by molar-refractivity contribution is -0.117. The predicted octanol–water partition coefficient (Wildman–Crippen LogP) is 3.43. The van der Waals surface area contributed by atoms with E-state index < -0.39 is 10.0 Å². The van der Waals surface area contributed by atoms with Gasteiger partial charge in [-0.2, -0.15) is 9.57 Å². The molecule has 182 valence electrons. The first-order valence-electron chi connectivity index (χ1n) is 11.6. The van der Waals surface area contributed by atoms with Crippen molar-refractivity contribution in [1.82, 2.24) is 4.31 Å². The second kappa shape index (κ2) is 11.4. The van der Waals surface area contributed by atoms with E-state index in [-0.39, 0.29) is 23.8 Å². The minimum absolute atomic E-state index is 0.118. The number of anilines is 2. The molecule has 8 nitrogen and oxygen atoms in total. The van der Waals surface area contributed by atoms with Gasteiger partial charge in [0.1, 0.15) is 5.75 Å². The Kier molecular flexibility index (Phi) is 8.53. The van der Waals surface area contributed by atoms with Crippen LogP contribution >= 0.6 is 0 Å². The third-order valence-corrected chi connectivity index (χ3v) is 7.97. The average molecular weight is 485 g/mol. The molecule has 34 heavy (non-hydrogen) atoms. The molecular formula is C25H32N4O4S. The molecule has 1 heterocycles. The molecule has 0 radical (unpaired) electrons. The number of hydrogen-bond donors (Lipinski definition) is 0. The van der Waals surface area contributed by atoms with Crippen molar-refractivity contribution in [3.05, 3.63) is 48.0 Å². The van der Waals surface area contributed by atoms with E-state index in [1.807, 2.05) is 49.9 Å². The first-order chi connectivity index (χ1) is 16.3. The molecular weight excluding hydrogens is 452 g/mol. The molecule has 2 aromatic rings. The number of nitriles is 1. The van der Waals surface area contributed by atoms with Crippen molar-refractivity contribution in [3.8, 4) is 11.8 Å². The SMILES string of the molecule is CCOc1ccc(N(CCC#N)C(=O)CN2CCc3cc(S(=O)(=O)N(CC)CC)ccc32)cc1. The fraction of sp³-hybridized carbons (Fsp3) is 0.440. The zero-order valence-electron chi connectivity index (χ0n) is 20.0. The maximum absolute atomic E-state index is 13.3. The Morgan fingerprint density at radius 3 is 2.44 bits per heavy atom. The molecule has 9 heteroatoms. The number of fused-ring (bicyclic) bond motifs is 1. The van der Waals surface area contributed by atoms with Crippen molar-refractivity contribution >= 4 is 27.3 Å². The highest BCUT2D eigenvalue weighted by molar-refractivity contribution is 7.89. The lowest BCUT2D eigenvalue weighted by Gasteiger charge is -2.26. The molecule has 1 amide bonds. The molecule has 0 aromatic heterocycles. The van der Waals surface area contributed by atoms with Crippen LogP contribution in [0.2, 0.25) is 0 Å². The monoisotopic (exact) mass is 484 g/mol. The summed E-state index contributed by atoms with van der Waals surface area (Å²) in [5.74, 6) is 0.606. The van der Waals surface area contributed by atoms with Crippen molar-refractivity contribution < 1.29 is 17.9 Å². The fourth-order valence-electron chi connectivity index (χ4n) is 4.18. The van der Waals surface area contributed by atoms with Gasteiger partial charge in [0, 0.05) is 37.6 Å². The van der Waals surface area contributed by atoms with E-state index in [0.717, 1.165) is 17.0 Å². The molecule has 0 saturated carbocycles. The van der Waals surface area contributed by atoms with E-state index in [2.05, 4.69) is 6.07 Å². The number of sulfonamides is 1. The number of carbonyl (C=O) groups excluding carboxylic acids is 1. The summed E-state index contributed by atoms with van der Waals surface area (Å²) in [5, 5.41) is 9.07. The third kappa shape index (κ3) is 5.51. The maximum atomic E-state index is 13.3. The van der Waals surface area contributed by atoms with E-state index in [9.17, 15) is 13.2 Å². The van der Waals surface area contributed by atoms with Gasteiger partial charge in [-0.05, 0) is 61.4 Å². The van der Waals surface area contributed by atoms with Crippen LogP contribution in [0.3, 0.4) is 0 Å². The zero-order valence-corrected chi connectivity index (χ0v) is 20.8. The van der Waals surface area contributed by atoms with E-state index in [1.165, 1.54) is 4.31 Å². The lowest BCUT2D eigenvalue weighted by atomic mass is 10.2. The van der Waals surface area contributed by atoms with Crippen molar-refractivity contribution in [3.63, 3.8) is 0 Å². The molecule has 2 aromatic carbocycles. The molecule has 0 bridgehead atoms. The van der Waals surface area contributed by atoms with Crippen LogP contribution in [-0.2, 0) is 21.2 Å². The van der Waals surface area contributed by atoms with Crippen LogP contribution in [0.15, 0.2) is 47.4 Å². The normalized spacial score (nSPS) is 13.0. The Morgan fingerprint density at radius 1 is 1.12 bits per heavy atom. The highest BCUT2D eigenvalue weighted by atomic mass is 32.2. The van der Waals surface area contributed by atoms with Gasteiger partial charge in [-0.15, -0.1) is 0 Å². The van der Waals surface area contributed by atoms with Gasteiger partial charge in [0.25, 0.3) is 0 Å². The minimum Gasteiger partial charge on any atom is -0.494 e. The predicted molar refractivity (Wildman–Crippen MR) is 133 cm³/mol. The summed E-state index contributed by atoms with van der Waals surface area (Å²) >= 11 is 0. The number of rotatable bonds is 11. The molecule has 3 rings (SSSR count). The molecule has 1 aliphatic heterocycles. The second-order valence-corrected chi connectivity index (χ2v) is 9.87. The lowest BCUT2D eigenvalue weighted by Crippen LogP contribution is -2.40. The standard InChI is InChI=1S/C25H32N4O4S/c1-4-28(5-2)34(31,32)23-12-13-24-20(18-23)14-17-27(24)19-25(30)29(16-7-15-26)21-8-10-22(11-9-21)33-6-3/h8-13,18H,4-7,14,16-17,19H2,1-3H3. The zero-order chi connectivity index (χ0) is 24.7. The molecule has 1 aliphatic rings. The first-order valence-corrected chi connectivity index (χ1v) is 13.1. The number of ether oxygens (including phenoxy) is 1. The van der Waals surface area contributed by atoms with Gasteiger partial charge in [-0.25, -0.2) is 8.42 Å². The van der Waals surface area contributed by atoms with E-state index >= 15 is 0 Å². The van der Waals surface area contributed by atoms with Crippen LogP contribution in [0.4, 0.5) is 11.4 Å². The van der Waals surface area contributed by atoms with Gasteiger partial charge in [-0.3, -0.25) is 4.79 Å². The number of nitrogens with zero attached hydrogens (tertiary/aromatic N) is 4. The Labute approximate surface area is 202 Å². The Morgan fingerprint density at radius 2 is 1.82 bits per heavy atom. The van der Waals surface area contributed by atoms with Gasteiger partial charge >= 0.3 is 0 Å². The number of carbonyl (C=O) groups is 1. The van der Waals surface area contributed by atoms with Crippen LogP contribution in [0.1, 0.15) is 32.8 Å². The molecule has 0 aliphatic carbocycles. The number of hydrogen-bond acceptors (Lipinski definition) is 6. The van der Waals surface area contributed by atoms with Crippen molar-refractivity contribution in [1.29, 1.82) is 5.26 Å². The van der Waals surface area contributed by atoms with Crippen LogP contribution in [-0.4, -0.2) is 58.0 Å². The van der Waals surface area contributed by atoms with Crippen molar-refractivity contribution in [2.24, 2.45) is 0 Å². The minimum atomic E-state index is -3.53. The van der Waals surface area contributed by atoms with Crippen LogP contribution in [0.5, 0.6) is 5.75 Å². The van der Waals surface area contributed by atoms with Crippen molar-refractivity contribution in [2.45, 2.75) is 38.5 Å². The topological polar surface area (TPSA) is 94.0 Å². The highest BCUT2D eigenvalue weighted by Gasteiger charge is 2.28. The van der Waals surface area contributed by atoms with Gasteiger partial charge in [0.2, 0.25) is 15.9 Å². The first kappa shape index (κ1) is 25.5. The largest absolute Gasteiger partial charge is 0.494 e. The summed E-state index contributed by atoms with van der Waals surface area (Å²) in [6.07, 6.45) is 0.896. The van der Waals surface area contributed by atoms with E-state index in [4.69, 9.17) is 10.00 Å². The molecule has 0 fully saturated rings. The maximum Gasteiger partial charge on any atom is 0.246 e. The van der Waals surface area contributed by atoms with Gasteiger partial charge in [-0.1, -0.05) is 13.8 Å². The van der Waals surface area contributed by atoms with Gasteiger partial charge < -0.3 is 14.5 Å². The Hall–Kier alpha value is -3.09. The summed E-state index contributed by atoms with van der Waals surface area (Å²) < 4.78 is 32.7. The fourth-order valence-corrected chi connectivity index (χ4v) is 5.69. The van der Waals surface area contributed by atoms with E-state index in [1.54, 1.807) is 23.1 Å². The summed E-state index contributed by atoms with van der Waals surface area (Å²) in [4.78, 5) is 17.1. The van der Waals surface area contributed by atoms with Crippen LogP contribution in [0.25, 0.3) is 0 Å². The number of amides is 1. The number of benzene rings is 2. The molecule has 0 saturated heterocycles. The molecule has 0 N–H and O–H groups in total. The summed E-state index contributed by atoms with van der Waals surface area (Å²) in [7, 11) is -3.53. The van der Waals surface area contributed by atoms with Crippen LogP contribution in [0, 0.1) is 11.3 Å². The van der Waals surface area contributed by atoms with Crippen molar-refractivity contribution in [2.75, 3.05) is 49.1 Å². The average Bonchev–Trinajstić information content (AvgIpc) is 3.23. The quantitative estimate of drug-likeness (QED) is 0.485. The Bertz CT molecular complexity index is 1140. The highest BCUT2D eigenvalue weighted by Crippen LogP contribution is 2.31. The van der Waals surface area contributed by atoms with Gasteiger partial charge in [0.05, 0.1) is 30.5 Å². The van der Waals surface area contributed by atoms with E-state index in [0.29, 0.717) is 44.9 Å². The summed E-state index contributed by atoms with van der Waals surface area (Å²) in [6.45, 7) is 8.02. The molecule has 0 atom stereocenters. The third-order valence-electron chi connectivity index (χ3n) is 5.92. The smallest absolute Gasteiger partial charge is 0.246 e. The van der Waals surface area contributed by atoms with Crippen LogP contribution < -0.4 is 14.5 Å². The molecule has 0 spiro atoms. The Balaban J connectivity index is 1.79. The second-order valence-electron chi connectivity index (χ2n) is 7.93. The summed E-state index contributed by atoms with van der Waals surface area (Å²) in [5.41, 5.74) is 2.51. The molecule has 0 unspecified atom stereocenters.